The number of benzene rings is 2. The highest BCUT2D eigenvalue weighted by atomic mass is 16.5. The van der Waals surface area contributed by atoms with Crippen LogP contribution in [-0.2, 0) is 27.2 Å². The molecule has 6 nitrogen and oxygen atoms in total. The first kappa shape index (κ1) is 18.9. The summed E-state index contributed by atoms with van der Waals surface area (Å²) < 4.78 is 10.9. The van der Waals surface area contributed by atoms with Gasteiger partial charge in [0, 0.05) is 6.54 Å². The number of fused-ring (bicyclic) bond motifs is 1. The molecule has 0 aliphatic carbocycles. The highest BCUT2D eigenvalue weighted by Crippen LogP contribution is 2.29. The van der Waals surface area contributed by atoms with E-state index in [0.717, 1.165) is 17.5 Å². The molecular formula is C21H23NO5. The summed E-state index contributed by atoms with van der Waals surface area (Å²) in [6.45, 7) is 0.815. The van der Waals surface area contributed by atoms with Crippen molar-refractivity contribution < 1.29 is 24.2 Å². The van der Waals surface area contributed by atoms with E-state index in [1.165, 1.54) is 5.56 Å². The van der Waals surface area contributed by atoms with Gasteiger partial charge in [0.15, 0.2) is 6.61 Å². The molecule has 142 valence electrons. The third-order valence-corrected chi connectivity index (χ3v) is 4.48. The average Bonchev–Trinajstić information content (AvgIpc) is 2.67. The van der Waals surface area contributed by atoms with Crippen LogP contribution in [0.15, 0.2) is 48.5 Å². The molecule has 2 aromatic rings. The van der Waals surface area contributed by atoms with E-state index in [-0.39, 0.29) is 18.6 Å². The zero-order valence-corrected chi connectivity index (χ0v) is 15.0. The van der Waals surface area contributed by atoms with Crippen LogP contribution in [0.25, 0.3) is 0 Å². The molecular weight excluding hydrogens is 346 g/mol. The van der Waals surface area contributed by atoms with Crippen LogP contribution in [-0.4, -0.2) is 36.7 Å². The van der Waals surface area contributed by atoms with E-state index in [4.69, 9.17) is 14.6 Å². The summed E-state index contributed by atoms with van der Waals surface area (Å²) in [6, 6.07) is 15.3. The fourth-order valence-electron chi connectivity index (χ4n) is 3.13. The van der Waals surface area contributed by atoms with E-state index >= 15 is 0 Å². The predicted molar refractivity (Wildman–Crippen MR) is 99.7 cm³/mol. The Hall–Kier alpha value is -2.86. The van der Waals surface area contributed by atoms with Crippen molar-refractivity contribution in [2.24, 2.45) is 0 Å². The Morgan fingerprint density at radius 3 is 2.70 bits per heavy atom. The van der Waals surface area contributed by atoms with Gasteiger partial charge in [0.1, 0.15) is 5.75 Å². The maximum absolute atomic E-state index is 12.2. The number of amides is 1. The van der Waals surface area contributed by atoms with Crippen molar-refractivity contribution in [3.8, 4) is 5.75 Å². The molecule has 1 aliphatic rings. The van der Waals surface area contributed by atoms with Crippen molar-refractivity contribution in [3.05, 3.63) is 65.2 Å². The van der Waals surface area contributed by atoms with Gasteiger partial charge in [0.25, 0.3) is 0 Å². The Labute approximate surface area is 158 Å². The number of ether oxygens (including phenoxy) is 2. The standard InChI is InChI=1S/C21H23NO5/c23-20(13-19-18-4-2-1-3-16(18)10-12-26-19)22-11-9-15-5-7-17(8-6-15)27-14-21(24)25/h1-8,19H,9-14H2,(H,22,23)(H,24,25). The van der Waals surface area contributed by atoms with Crippen LogP contribution in [0.5, 0.6) is 5.75 Å². The van der Waals surface area contributed by atoms with E-state index in [0.29, 0.717) is 31.7 Å². The molecule has 0 radical (unpaired) electrons. The molecule has 0 spiro atoms. The van der Waals surface area contributed by atoms with Crippen molar-refractivity contribution in [1.82, 2.24) is 5.32 Å². The molecule has 1 amide bonds. The van der Waals surface area contributed by atoms with Crippen molar-refractivity contribution in [3.63, 3.8) is 0 Å². The third kappa shape index (κ3) is 5.56. The van der Waals surface area contributed by atoms with Gasteiger partial charge in [-0.25, -0.2) is 4.79 Å². The van der Waals surface area contributed by atoms with E-state index in [1.54, 1.807) is 12.1 Å². The minimum absolute atomic E-state index is 0.0295. The van der Waals surface area contributed by atoms with Gasteiger partial charge in [-0.2, -0.15) is 0 Å². The number of carbonyl (C=O) groups excluding carboxylic acids is 1. The van der Waals surface area contributed by atoms with Crippen molar-refractivity contribution in [2.75, 3.05) is 19.8 Å². The molecule has 6 heteroatoms. The highest BCUT2D eigenvalue weighted by Gasteiger charge is 2.22. The average molecular weight is 369 g/mol. The SMILES string of the molecule is O=C(O)COc1ccc(CCNC(=O)CC2OCCc3ccccc32)cc1. The Bertz CT molecular complexity index is 787. The molecule has 3 rings (SSSR count). The maximum Gasteiger partial charge on any atom is 0.341 e. The number of aliphatic carboxylic acids is 1. The molecule has 0 fully saturated rings. The third-order valence-electron chi connectivity index (χ3n) is 4.48. The summed E-state index contributed by atoms with van der Waals surface area (Å²) in [5.74, 6) is -0.525. The van der Waals surface area contributed by atoms with Gasteiger partial charge in [-0.1, -0.05) is 36.4 Å². The zero-order chi connectivity index (χ0) is 19.1. The predicted octanol–water partition coefficient (Wildman–Crippen LogP) is 2.51. The number of nitrogens with one attached hydrogen (secondary N) is 1. The normalized spacial score (nSPS) is 15.6. The summed E-state index contributed by atoms with van der Waals surface area (Å²) in [4.78, 5) is 22.7. The van der Waals surface area contributed by atoms with Crippen LogP contribution < -0.4 is 10.1 Å². The zero-order valence-electron chi connectivity index (χ0n) is 15.0. The molecule has 0 aromatic heterocycles. The quantitative estimate of drug-likeness (QED) is 0.747. The Morgan fingerprint density at radius 2 is 1.93 bits per heavy atom. The number of carboxylic acid groups (broad SMARTS) is 1. The van der Waals surface area contributed by atoms with Crippen LogP contribution >= 0.6 is 0 Å². The Kier molecular flexibility index (Phi) is 6.44. The molecule has 2 N–H and O–H groups in total. The fraction of sp³-hybridized carbons (Fsp3) is 0.333. The molecule has 27 heavy (non-hydrogen) atoms. The second kappa shape index (κ2) is 9.19. The number of carbonyl (C=O) groups is 2. The molecule has 0 saturated carbocycles. The van der Waals surface area contributed by atoms with Gasteiger partial charge >= 0.3 is 5.97 Å². The van der Waals surface area contributed by atoms with Crippen molar-refractivity contribution in [2.45, 2.75) is 25.4 Å². The molecule has 1 unspecified atom stereocenters. The first-order valence-corrected chi connectivity index (χ1v) is 9.01. The van der Waals surface area contributed by atoms with Gasteiger partial charge in [0.05, 0.1) is 19.1 Å². The second-order valence-corrected chi connectivity index (χ2v) is 6.44. The van der Waals surface area contributed by atoms with E-state index in [9.17, 15) is 9.59 Å². The van der Waals surface area contributed by atoms with Crippen LogP contribution in [0.2, 0.25) is 0 Å². The molecule has 0 saturated heterocycles. The minimum atomic E-state index is -1.01. The van der Waals surface area contributed by atoms with Crippen LogP contribution in [0.1, 0.15) is 29.2 Å². The summed E-state index contributed by atoms with van der Waals surface area (Å²) in [7, 11) is 0. The summed E-state index contributed by atoms with van der Waals surface area (Å²) >= 11 is 0. The minimum Gasteiger partial charge on any atom is -0.482 e. The monoisotopic (exact) mass is 369 g/mol. The smallest absolute Gasteiger partial charge is 0.341 e. The molecule has 1 heterocycles. The van der Waals surface area contributed by atoms with Crippen molar-refractivity contribution >= 4 is 11.9 Å². The fourth-order valence-corrected chi connectivity index (χ4v) is 3.13. The van der Waals surface area contributed by atoms with Crippen molar-refractivity contribution in [1.29, 1.82) is 0 Å². The second-order valence-electron chi connectivity index (χ2n) is 6.44. The largest absolute Gasteiger partial charge is 0.482 e. The van der Waals surface area contributed by atoms with Gasteiger partial charge in [-0.05, 0) is 41.7 Å². The number of carboxylic acids is 1. The lowest BCUT2D eigenvalue weighted by Gasteiger charge is -2.25. The lowest BCUT2D eigenvalue weighted by Crippen LogP contribution is -2.29. The number of hydrogen-bond acceptors (Lipinski definition) is 4. The van der Waals surface area contributed by atoms with Crippen LogP contribution in [0.4, 0.5) is 0 Å². The van der Waals surface area contributed by atoms with E-state index < -0.39 is 5.97 Å². The Morgan fingerprint density at radius 1 is 1.15 bits per heavy atom. The molecule has 1 aliphatic heterocycles. The summed E-state index contributed by atoms with van der Waals surface area (Å²) in [6.07, 6.45) is 1.72. The van der Waals surface area contributed by atoms with Gasteiger partial charge in [-0.3, -0.25) is 4.79 Å². The topological polar surface area (TPSA) is 84.9 Å². The number of rotatable bonds is 8. The summed E-state index contributed by atoms with van der Waals surface area (Å²) in [5, 5.41) is 11.5. The van der Waals surface area contributed by atoms with Gasteiger partial charge in [0.2, 0.25) is 5.91 Å². The lowest BCUT2D eigenvalue weighted by molar-refractivity contribution is -0.139. The molecule has 0 bridgehead atoms. The highest BCUT2D eigenvalue weighted by molar-refractivity contribution is 5.76. The molecule has 1 atom stereocenters. The summed E-state index contributed by atoms with van der Waals surface area (Å²) in [5.41, 5.74) is 3.40. The molecule has 2 aromatic carbocycles. The van der Waals surface area contributed by atoms with Crippen LogP contribution in [0.3, 0.4) is 0 Å². The first-order chi connectivity index (χ1) is 13.1. The van der Waals surface area contributed by atoms with Gasteiger partial charge < -0.3 is 19.9 Å². The van der Waals surface area contributed by atoms with E-state index in [2.05, 4.69) is 11.4 Å². The lowest BCUT2D eigenvalue weighted by atomic mass is 9.95. The van der Waals surface area contributed by atoms with Gasteiger partial charge in [-0.15, -0.1) is 0 Å². The first-order valence-electron chi connectivity index (χ1n) is 9.01. The Balaban J connectivity index is 1.43. The number of hydrogen-bond donors (Lipinski definition) is 2. The van der Waals surface area contributed by atoms with Crippen LogP contribution in [0, 0.1) is 0 Å². The maximum atomic E-state index is 12.2. The van der Waals surface area contributed by atoms with E-state index in [1.807, 2.05) is 30.3 Å².